The summed E-state index contributed by atoms with van der Waals surface area (Å²) in [5.41, 5.74) is 1.05. The third kappa shape index (κ3) is 6.51. The van der Waals surface area contributed by atoms with Gasteiger partial charge >= 0.3 is 18.3 Å². The standard InChI is InChI=1S/C10H10F3NO3.C10H12F3NO2/c11-10(12,13)9(16)14-3-1-7(15)6-2-4-17-8(6)5-14;11-10(12,13)6-14-3-1-8(15)7-2-4-16-9(7)5-14/h2,4,7,15H,1,3,5H2;2,4,8,15H,1,3,5-6H2. The number of halogens is 6. The number of hydrogen-bond donors (Lipinski definition) is 2. The van der Waals surface area contributed by atoms with Crippen molar-refractivity contribution in [1.29, 1.82) is 0 Å². The lowest BCUT2D eigenvalue weighted by Crippen LogP contribution is -2.40. The van der Waals surface area contributed by atoms with Crippen LogP contribution in [0.25, 0.3) is 0 Å². The highest BCUT2D eigenvalue weighted by molar-refractivity contribution is 5.81. The van der Waals surface area contributed by atoms with Crippen LogP contribution in [0.5, 0.6) is 0 Å². The van der Waals surface area contributed by atoms with Crippen molar-refractivity contribution >= 4 is 5.91 Å². The lowest BCUT2D eigenvalue weighted by molar-refractivity contribution is -0.186. The van der Waals surface area contributed by atoms with E-state index in [0.29, 0.717) is 28.2 Å². The number of furan rings is 2. The van der Waals surface area contributed by atoms with Crippen molar-refractivity contribution in [3.8, 4) is 0 Å². The van der Waals surface area contributed by atoms with Crippen molar-refractivity contribution in [3.05, 3.63) is 47.3 Å². The number of nitrogens with zero attached hydrogens (tertiary/aromatic N) is 2. The van der Waals surface area contributed by atoms with Gasteiger partial charge in [-0.05, 0) is 25.0 Å². The van der Waals surface area contributed by atoms with E-state index in [-0.39, 0.29) is 38.4 Å². The summed E-state index contributed by atoms with van der Waals surface area (Å²) in [5.74, 6) is -1.28. The van der Waals surface area contributed by atoms with Crippen LogP contribution in [0.1, 0.15) is 47.7 Å². The van der Waals surface area contributed by atoms with Crippen LogP contribution < -0.4 is 0 Å². The first-order chi connectivity index (χ1) is 15.3. The third-order valence-corrected chi connectivity index (χ3v) is 5.30. The number of hydrogen-bond acceptors (Lipinski definition) is 6. The highest BCUT2D eigenvalue weighted by atomic mass is 19.4. The SMILES string of the molecule is O=C(N1CCC(O)c2ccoc2C1)C(F)(F)F.OC1CCN(CC(F)(F)F)Cc2occc21. The maximum atomic E-state index is 12.3. The van der Waals surface area contributed by atoms with Gasteiger partial charge in [0.15, 0.2) is 0 Å². The minimum Gasteiger partial charge on any atom is -0.468 e. The molecular formula is C20H22F6N2O5. The Morgan fingerprint density at radius 1 is 0.909 bits per heavy atom. The Morgan fingerprint density at radius 3 is 1.94 bits per heavy atom. The molecule has 0 aromatic carbocycles. The zero-order chi connectivity index (χ0) is 24.4. The van der Waals surface area contributed by atoms with Gasteiger partial charge in [-0.1, -0.05) is 0 Å². The molecule has 7 nitrogen and oxygen atoms in total. The zero-order valence-electron chi connectivity index (χ0n) is 17.2. The number of amides is 1. The average Bonchev–Trinajstić information content (AvgIpc) is 3.30. The van der Waals surface area contributed by atoms with Crippen molar-refractivity contribution < 1.29 is 50.2 Å². The Bertz CT molecular complexity index is 938. The summed E-state index contributed by atoms with van der Waals surface area (Å²) in [5, 5.41) is 19.3. The van der Waals surface area contributed by atoms with Gasteiger partial charge in [-0.2, -0.15) is 26.3 Å². The lowest BCUT2D eigenvalue weighted by Gasteiger charge is -2.21. The molecule has 0 radical (unpaired) electrons. The first-order valence-electron chi connectivity index (χ1n) is 9.99. The summed E-state index contributed by atoms with van der Waals surface area (Å²) in [4.78, 5) is 13.0. The number of aliphatic hydroxyl groups excluding tert-OH is 2. The predicted molar refractivity (Wildman–Crippen MR) is 99.4 cm³/mol. The molecule has 2 aliphatic heterocycles. The molecule has 2 atom stereocenters. The normalized spacial score (nSPS) is 21.9. The fourth-order valence-electron chi connectivity index (χ4n) is 3.72. The number of carbonyl (C=O) groups is 1. The van der Waals surface area contributed by atoms with E-state index in [4.69, 9.17) is 8.83 Å². The molecule has 2 aromatic heterocycles. The highest BCUT2D eigenvalue weighted by Gasteiger charge is 2.43. The van der Waals surface area contributed by atoms with Crippen molar-refractivity contribution in [1.82, 2.24) is 9.80 Å². The van der Waals surface area contributed by atoms with Crippen molar-refractivity contribution in [2.45, 2.75) is 50.5 Å². The Hall–Kier alpha value is -2.51. The molecule has 2 aromatic rings. The fourth-order valence-corrected chi connectivity index (χ4v) is 3.72. The van der Waals surface area contributed by atoms with Crippen LogP contribution in [0, 0.1) is 0 Å². The summed E-state index contributed by atoms with van der Waals surface area (Å²) in [6.45, 7) is -1.08. The predicted octanol–water partition coefficient (Wildman–Crippen LogP) is 3.69. The molecule has 4 heterocycles. The molecule has 13 heteroatoms. The van der Waals surface area contributed by atoms with E-state index in [2.05, 4.69) is 0 Å². The molecule has 2 unspecified atom stereocenters. The molecule has 184 valence electrons. The van der Waals surface area contributed by atoms with E-state index in [1.54, 1.807) is 6.07 Å². The molecule has 4 rings (SSSR count). The van der Waals surface area contributed by atoms with Crippen LogP contribution in [0.3, 0.4) is 0 Å². The van der Waals surface area contributed by atoms with E-state index in [1.165, 1.54) is 23.5 Å². The quantitative estimate of drug-likeness (QED) is 0.601. The molecular weight excluding hydrogens is 462 g/mol. The van der Waals surface area contributed by atoms with E-state index < -0.39 is 37.0 Å². The van der Waals surface area contributed by atoms with Crippen LogP contribution in [0.2, 0.25) is 0 Å². The van der Waals surface area contributed by atoms with Gasteiger partial charge in [0.2, 0.25) is 0 Å². The number of carbonyl (C=O) groups excluding carboxylic acids is 1. The van der Waals surface area contributed by atoms with Gasteiger partial charge in [-0.25, -0.2) is 0 Å². The summed E-state index contributed by atoms with van der Waals surface area (Å²) in [6, 6.07) is 3.11. The molecule has 0 fully saturated rings. The Morgan fingerprint density at radius 2 is 1.42 bits per heavy atom. The van der Waals surface area contributed by atoms with Crippen molar-refractivity contribution in [2.75, 3.05) is 19.6 Å². The lowest BCUT2D eigenvalue weighted by atomic mass is 10.1. The third-order valence-electron chi connectivity index (χ3n) is 5.30. The van der Waals surface area contributed by atoms with Crippen molar-refractivity contribution in [3.63, 3.8) is 0 Å². The van der Waals surface area contributed by atoms with Crippen LogP contribution in [-0.4, -0.2) is 57.9 Å². The molecule has 0 spiro atoms. The highest BCUT2D eigenvalue weighted by Crippen LogP contribution is 2.30. The summed E-state index contributed by atoms with van der Waals surface area (Å²) < 4.78 is 83.6. The Labute approximate surface area is 184 Å². The molecule has 2 N–H and O–H groups in total. The van der Waals surface area contributed by atoms with E-state index in [0.717, 1.165) is 0 Å². The molecule has 1 amide bonds. The summed E-state index contributed by atoms with van der Waals surface area (Å²) in [6.07, 6.45) is -7.71. The Kier molecular flexibility index (Phi) is 7.44. The fraction of sp³-hybridized carbons (Fsp3) is 0.550. The van der Waals surface area contributed by atoms with Crippen molar-refractivity contribution in [2.24, 2.45) is 0 Å². The molecule has 33 heavy (non-hydrogen) atoms. The van der Waals surface area contributed by atoms with Gasteiger partial charge in [-0.3, -0.25) is 9.69 Å². The molecule has 0 aliphatic carbocycles. The maximum absolute atomic E-state index is 12.3. The largest absolute Gasteiger partial charge is 0.471 e. The maximum Gasteiger partial charge on any atom is 0.471 e. The second-order valence-electron chi connectivity index (χ2n) is 7.76. The van der Waals surface area contributed by atoms with Crippen LogP contribution in [-0.2, 0) is 17.9 Å². The second kappa shape index (κ2) is 9.77. The number of fused-ring (bicyclic) bond motifs is 2. The van der Waals surface area contributed by atoms with Gasteiger partial charge < -0.3 is 23.9 Å². The average molecular weight is 484 g/mol. The smallest absolute Gasteiger partial charge is 0.468 e. The first kappa shape index (κ1) is 25.1. The first-order valence-corrected chi connectivity index (χ1v) is 9.99. The second-order valence-corrected chi connectivity index (χ2v) is 7.76. The van der Waals surface area contributed by atoms with Gasteiger partial charge in [0.05, 0.1) is 44.4 Å². The van der Waals surface area contributed by atoms with Gasteiger partial charge in [0.25, 0.3) is 0 Å². The minimum absolute atomic E-state index is 0.0638. The van der Waals surface area contributed by atoms with E-state index in [1.807, 2.05) is 0 Å². The molecule has 0 saturated carbocycles. The summed E-state index contributed by atoms with van der Waals surface area (Å²) >= 11 is 0. The van der Waals surface area contributed by atoms with E-state index in [9.17, 15) is 41.4 Å². The molecule has 0 bridgehead atoms. The minimum atomic E-state index is -4.90. The monoisotopic (exact) mass is 484 g/mol. The Balaban J connectivity index is 0.000000186. The van der Waals surface area contributed by atoms with Gasteiger partial charge in [0, 0.05) is 24.2 Å². The molecule has 0 saturated heterocycles. The van der Waals surface area contributed by atoms with E-state index >= 15 is 0 Å². The number of aliphatic hydroxyl groups is 2. The van der Waals surface area contributed by atoms with Gasteiger partial charge in [0.1, 0.15) is 11.5 Å². The van der Waals surface area contributed by atoms with Crippen LogP contribution in [0.4, 0.5) is 26.3 Å². The number of alkyl halides is 6. The summed E-state index contributed by atoms with van der Waals surface area (Å²) in [7, 11) is 0. The molecule has 2 aliphatic rings. The van der Waals surface area contributed by atoms with Crippen LogP contribution >= 0.6 is 0 Å². The zero-order valence-corrected chi connectivity index (χ0v) is 17.2. The number of rotatable bonds is 1. The van der Waals surface area contributed by atoms with Gasteiger partial charge in [-0.15, -0.1) is 0 Å². The topological polar surface area (TPSA) is 90.3 Å². The van der Waals surface area contributed by atoms with Crippen LogP contribution in [0.15, 0.2) is 33.5 Å².